The fourth-order valence-corrected chi connectivity index (χ4v) is 3.37. The highest BCUT2D eigenvalue weighted by atomic mass is 19.1. The zero-order valence-electron chi connectivity index (χ0n) is 10.2. The van der Waals surface area contributed by atoms with Gasteiger partial charge in [0.2, 0.25) is 0 Å². The van der Waals surface area contributed by atoms with E-state index in [0.29, 0.717) is 6.04 Å². The van der Waals surface area contributed by atoms with Gasteiger partial charge in [-0.15, -0.1) is 0 Å². The average Bonchev–Trinajstić information content (AvgIpc) is 2.90. The maximum atomic E-state index is 13.3. The van der Waals surface area contributed by atoms with Gasteiger partial charge in [0.25, 0.3) is 0 Å². The van der Waals surface area contributed by atoms with E-state index in [2.05, 4.69) is 4.90 Å². The zero-order chi connectivity index (χ0) is 12.0. The van der Waals surface area contributed by atoms with Gasteiger partial charge in [0.05, 0.1) is 0 Å². The predicted octanol–water partition coefficient (Wildman–Crippen LogP) is 2.83. The summed E-state index contributed by atoms with van der Waals surface area (Å²) in [4.78, 5) is 2.44. The average molecular weight is 234 g/mol. The van der Waals surface area contributed by atoms with E-state index in [-0.39, 0.29) is 11.9 Å². The summed E-state index contributed by atoms with van der Waals surface area (Å²) in [6.07, 6.45) is 3.94. The Hall–Kier alpha value is -1.09. The fourth-order valence-electron chi connectivity index (χ4n) is 3.37. The minimum absolute atomic E-state index is 0.111. The molecule has 2 aliphatic rings. The maximum Gasteiger partial charge on any atom is 0.123 e. The third-order valence-corrected chi connectivity index (χ3v) is 4.20. The van der Waals surface area contributed by atoms with Crippen molar-refractivity contribution in [3.63, 3.8) is 0 Å². The van der Waals surface area contributed by atoms with Crippen molar-refractivity contribution in [3.05, 3.63) is 29.6 Å². The summed E-state index contributed by atoms with van der Waals surface area (Å²) in [7, 11) is 0. The first-order valence-electron chi connectivity index (χ1n) is 6.47. The van der Waals surface area contributed by atoms with Gasteiger partial charge in [-0.1, -0.05) is 0 Å². The largest absolute Gasteiger partial charge is 0.368 e. The van der Waals surface area contributed by atoms with Crippen molar-refractivity contribution >= 4 is 5.69 Å². The van der Waals surface area contributed by atoms with Gasteiger partial charge in [-0.05, 0) is 55.9 Å². The monoisotopic (exact) mass is 234 g/mol. The Kier molecular flexibility index (Phi) is 2.58. The number of piperidine rings is 1. The Morgan fingerprint density at radius 3 is 2.82 bits per heavy atom. The van der Waals surface area contributed by atoms with E-state index >= 15 is 0 Å². The number of halogens is 1. The van der Waals surface area contributed by atoms with Gasteiger partial charge in [0.1, 0.15) is 5.82 Å². The van der Waals surface area contributed by atoms with E-state index in [0.717, 1.165) is 23.7 Å². The first-order valence-corrected chi connectivity index (χ1v) is 6.47. The summed E-state index contributed by atoms with van der Waals surface area (Å²) >= 11 is 0. The standard InChI is InChI=1S/C14H19FN2/c1-9(16)13-7-11(15)3-5-14(13)17-8-10-2-4-12(17)6-10/h3,5,7,9-10,12H,2,4,6,8,16H2,1H3. The molecule has 0 aromatic heterocycles. The molecule has 3 unspecified atom stereocenters. The molecule has 17 heavy (non-hydrogen) atoms. The minimum Gasteiger partial charge on any atom is -0.368 e. The zero-order valence-corrected chi connectivity index (χ0v) is 10.2. The molecule has 3 heteroatoms. The molecule has 1 aliphatic carbocycles. The third-order valence-electron chi connectivity index (χ3n) is 4.20. The fraction of sp³-hybridized carbons (Fsp3) is 0.571. The van der Waals surface area contributed by atoms with Gasteiger partial charge in [-0.25, -0.2) is 4.39 Å². The molecule has 1 aromatic rings. The summed E-state index contributed by atoms with van der Waals surface area (Å²) in [5.41, 5.74) is 8.04. The summed E-state index contributed by atoms with van der Waals surface area (Å²) in [6, 6.07) is 5.58. The number of hydrogen-bond acceptors (Lipinski definition) is 2. The minimum atomic E-state index is -0.189. The summed E-state index contributed by atoms with van der Waals surface area (Å²) < 4.78 is 13.3. The highest BCUT2D eigenvalue weighted by Gasteiger charge is 2.38. The van der Waals surface area contributed by atoms with Gasteiger partial charge < -0.3 is 10.6 Å². The summed E-state index contributed by atoms with van der Waals surface area (Å²) in [5, 5.41) is 0. The van der Waals surface area contributed by atoms with E-state index in [1.54, 1.807) is 12.1 Å². The van der Waals surface area contributed by atoms with Crippen LogP contribution >= 0.6 is 0 Å². The van der Waals surface area contributed by atoms with Crippen LogP contribution in [0, 0.1) is 11.7 Å². The van der Waals surface area contributed by atoms with Crippen LogP contribution in [0.2, 0.25) is 0 Å². The van der Waals surface area contributed by atoms with Crippen LogP contribution in [0.4, 0.5) is 10.1 Å². The van der Waals surface area contributed by atoms with Crippen LogP contribution in [-0.2, 0) is 0 Å². The smallest absolute Gasteiger partial charge is 0.123 e. The second-order valence-electron chi connectivity index (χ2n) is 5.48. The number of hydrogen-bond donors (Lipinski definition) is 1. The Balaban J connectivity index is 1.97. The molecule has 2 nitrogen and oxygen atoms in total. The van der Waals surface area contributed by atoms with E-state index in [9.17, 15) is 4.39 Å². The molecule has 1 aromatic carbocycles. The van der Waals surface area contributed by atoms with Crippen LogP contribution in [0.15, 0.2) is 18.2 Å². The van der Waals surface area contributed by atoms with Crippen molar-refractivity contribution in [2.24, 2.45) is 11.7 Å². The van der Waals surface area contributed by atoms with Gasteiger partial charge in [0, 0.05) is 24.3 Å². The first-order chi connectivity index (χ1) is 8.15. The lowest BCUT2D eigenvalue weighted by atomic mass is 10.0. The lowest BCUT2D eigenvalue weighted by molar-refractivity contribution is 0.550. The molecular weight excluding hydrogens is 215 g/mol. The summed E-state index contributed by atoms with van der Waals surface area (Å²) in [6.45, 7) is 3.04. The van der Waals surface area contributed by atoms with Crippen LogP contribution in [0.3, 0.4) is 0 Å². The quantitative estimate of drug-likeness (QED) is 0.852. The molecule has 1 saturated heterocycles. The Morgan fingerprint density at radius 1 is 1.41 bits per heavy atom. The maximum absolute atomic E-state index is 13.3. The molecule has 2 fully saturated rings. The number of nitrogens with zero attached hydrogens (tertiary/aromatic N) is 1. The van der Waals surface area contributed by atoms with E-state index in [1.165, 1.54) is 19.3 Å². The van der Waals surface area contributed by atoms with Gasteiger partial charge >= 0.3 is 0 Å². The Labute approximate surface area is 102 Å². The van der Waals surface area contributed by atoms with Gasteiger partial charge in [-0.3, -0.25) is 0 Å². The lowest BCUT2D eigenvalue weighted by Gasteiger charge is -2.31. The van der Waals surface area contributed by atoms with Gasteiger partial charge in [-0.2, -0.15) is 0 Å². The van der Waals surface area contributed by atoms with Crippen molar-refractivity contribution in [1.29, 1.82) is 0 Å². The molecule has 0 radical (unpaired) electrons. The highest BCUT2D eigenvalue weighted by Crippen LogP contribution is 2.42. The normalized spacial score (nSPS) is 28.8. The molecular formula is C14H19FN2. The van der Waals surface area contributed by atoms with Crippen molar-refractivity contribution in [2.75, 3.05) is 11.4 Å². The van der Waals surface area contributed by atoms with Crippen LogP contribution < -0.4 is 10.6 Å². The predicted molar refractivity (Wildman–Crippen MR) is 67.5 cm³/mol. The van der Waals surface area contributed by atoms with E-state index in [1.807, 2.05) is 13.0 Å². The van der Waals surface area contributed by atoms with E-state index in [4.69, 9.17) is 5.73 Å². The van der Waals surface area contributed by atoms with Crippen LogP contribution in [-0.4, -0.2) is 12.6 Å². The Bertz CT molecular complexity index is 430. The summed E-state index contributed by atoms with van der Waals surface area (Å²) in [5.74, 6) is 0.649. The van der Waals surface area contributed by atoms with Gasteiger partial charge in [0.15, 0.2) is 0 Å². The second-order valence-corrected chi connectivity index (χ2v) is 5.48. The van der Waals surface area contributed by atoms with Crippen molar-refractivity contribution < 1.29 is 4.39 Å². The molecule has 1 heterocycles. The SMILES string of the molecule is CC(N)c1cc(F)ccc1N1CC2CCC1C2. The van der Waals surface area contributed by atoms with Crippen molar-refractivity contribution in [3.8, 4) is 0 Å². The first kappa shape index (κ1) is 11.0. The van der Waals surface area contributed by atoms with Crippen molar-refractivity contribution in [2.45, 2.75) is 38.3 Å². The molecule has 0 amide bonds. The molecule has 92 valence electrons. The number of anilines is 1. The molecule has 1 aliphatic heterocycles. The topological polar surface area (TPSA) is 29.3 Å². The van der Waals surface area contributed by atoms with Crippen molar-refractivity contribution in [1.82, 2.24) is 0 Å². The molecule has 2 N–H and O–H groups in total. The number of rotatable bonds is 2. The van der Waals surface area contributed by atoms with Crippen LogP contribution in [0.1, 0.15) is 37.8 Å². The van der Waals surface area contributed by atoms with Crippen LogP contribution in [0.5, 0.6) is 0 Å². The number of nitrogens with two attached hydrogens (primary N) is 1. The molecule has 2 bridgehead atoms. The lowest BCUT2D eigenvalue weighted by Crippen LogP contribution is -2.33. The third kappa shape index (κ3) is 1.82. The molecule has 1 saturated carbocycles. The molecule has 0 spiro atoms. The van der Waals surface area contributed by atoms with E-state index < -0.39 is 0 Å². The Morgan fingerprint density at radius 2 is 2.24 bits per heavy atom. The number of fused-ring (bicyclic) bond motifs is 2. The molecule has 3 rings (SSSR count). The van der Waals surface area contributed by atoms with Crippen LogP contribution in [0.25, 0.3) is 0 Å². The molecule has 3 atom stereocenters. The second kappa shape index (κ2) is 3.98. The highest BCUT2D eigenvalue weighted by molar-refractivity contribution is 5.57. The number of benzene rings is 1.